The highest BCUT2D eigenvalue weighted by atomic mass is 32.2. The Labute approximate surface area is 116 Å². The predicted octanol–water partition coefficient (Wildman–Crippen LogP) is 2.87. The number of aliphatic carboxylic acids is 1. The molecule has 0 amide bonds. The molecule has 0 spiro atoms. The summed E-state index contributed by atoms with van der Waals surface area (Å²) in [7, 11) is 0. The van der Waals surface area contributed by atoms with Crippen molar-refractivity contribution in [3.05, 3.63) is 35.7 Å². The Kier molecular flexibility index (Phi) is 4.85. The summed E-state index contributed by atoms with van der Waals surface area (Å²) in [5.41, 5.74) is 1.14. The van der Waals surface area contributed by atoms with Crippen LogP contribution in [0.1, 0.15) is 12.0 Å². The number of halogens is 1. The predicted molar refractivity (Wildman–Crippen MR) is 77.2 cm³/mol. The van der Waals surface area contributed by atoms with Gasteiger partial charge in [0, 0.05) is 30.5 Å². The van der Waals surface area contributed by atoms with E-state index >= 15 is 0 Å². The van der Waals surface area contributed by atoms with Crippen LogP contribution in [0.25, 0.3) is 6.08 Å². The molecule has 102 valence electrons. The lowest BCUT2D eigenvalue weighted by Crippen LogP contribution is -2.27. The largest absolute Gasteiger partial charge is 0.478 e. The van der Waals surface area contributed by atoms with E-state index < -0.39 is 5.97 Å². The maximum atomic E-state index is 14.1. The van der Waals surface area contributed by atoms with E-state index in [0.717, 1.165) is 37.1 Å². The molecule has 1 aromatic carbocycles. The molecule has 0 saturated carbocycles. The SMILES string of the molecule is O=C(O)/C=C/c1cccc(F)c1N1CCCSCC1. The number of hydrogen-bond acceptors (Lipinski definition) is 3. The zero-order valence-electron chi connectivity index (χ0n) is 10.5. The van der Waals surface area contributed by atoms with Gasteiger partial charge in [0.1, 0.15) is 5.82 Å². The summed E-state index contributed by atoms with van der Waals surface area (Å²) < 4.78 is 14.1. The van der Waals surface area contributed by atoms with Gasteiger partial charge in [-0.1, -0.05) is 12.1 Å². The molecule has 0 radical (unpaired) electrons. The first-order chi connectivity index (χ1) is 9.18. The summed E-state index contributed by atoms with van der Waals surface area (Å²) in [6, 6.07) is 4.77. The Hall–Kier alpha value is -1.49. The average molecular weight is 281 g/mol. The first kappa shape index (κ1) is 13.9. The van der Waals surface area contributed by atoms with Gasteiger partial charge in [0.15, 0.2) is 0 Å². The van der Waals surface area contributed by atoms with Gasteiger partial charge in [-0.25, -0.2) is 9.18 Å². The monoisotopic (exact) mass is 281 g/mol. The maximum Gasteiger partial charge on any atom is 0.328 e. The number of benzene rings is 1. The fraction of sp³-hybridized carbons (Fsp3) is 0.357. The number of carboxylic acids is 1. The highest BCUT2D eigenvalue weighted by Gasteiger charge is 2.16. The summed E-state index contributed by atoms with van der Waals surface area (Å²) >= 11 is 1.87. The van der Waals surface area contributed by atoms with Crippen molar-refractivity contribution in [2.45, 2.75) is 6.42 Å². The Balaban J connectivity index is 2.33. The number of carboxylic acid groups (broad SMARTS) is 1. The molecule has 1 saturated heterocycles. The normalized spacial score (nSPS) is 16.6. The number of carbonyl (C=O) groups is 1. The van der Waals surface area contributed by atoms with Crippen LogP contribution < -0.4 is 4.90 Å². The zero-order chi connectivity index (χ0) is 13.7. The van der Waals surface area contributed by atoms with Crippen molar-refractivity contribution in [1.29, 1.82) is 0 Å². The van der Waals surface area contributed by atoms with Crippen molar-refractivity contribution in [2.24, 2.45) is 0 Å². The first-order valence-electron chi connectivity index (χ1n) is 6.20. The van der Waals surface area contributed by atoms with Crippen molar-refractivity contribution in [2.75, 3.05) is 29.5 Å². The van der Waals surface area contributed by atoms with E-state index in [0.29, 0.717) is 11.3 Å². The Morgan fingerprint density at radius 1 is 1.37 bits per heavy atom. The number of hydrogen-bond donors (Lipinski definition) is 1. The van der Waals surface area contributed by atoms with E-state index in [-0.39, 0.29) is 5.82 Å². The van der Waals surface area contributed by atoms with Crippen LogP contribution in [0.4, 0.5) is 10.1 Å². The number of rotatable bonds is 3. The molecule has 2 rings (SSSR count). The second-order valence-corrected chi connectivity index (χ2v) is 5.53. The topological polar surface area (TPSA) is 40.5 Å². The third-order valence-corrected chi connectivity index (χ3v) is 4.01. The lowest BCUT2D eigenvalue weighted by Gasteiger charge is -2.24. The second-order valence-electron chi connectivity index (χ2n) is 4.30. The van der Waals surface area contributed by atoms with Gasteiger partial charge in [-0.15, -0.1) is 0 Å². The number of nitrogens with zero attached hydrogens (tertiary/aromatic N) is 1. The van der Waals surface area contributed by atoms with Crippen molar-refractivity contribution >= 4 is 29.5 Å². The quantitative estimate of drug-likeness (QED) is 0.865. The number of thioether (sulfide) groups is 1. The molecule has 1 aromatic rings. The fourth-order valence-electron chi connectivity index (χ4n) is 2.13. The molecule has 0 atom stereocenters. The van der Waals surface area contributed by atoms with Gasteiger partial charge in [0.25, 0.3) is 0 Å². The van der Waals surface area contributed by atoms with Gasteiger partial charge in [-0.3, -0.25) is 0 Å². The van der Waals surface area contributed by atoms with Crippen LogP contribution in [0.3, 0.4) is 0 Å². The van der Waals surface area contributed by atoms with Crippen LogP contribution in [0.15, 0.2) is 24.3 Å². The van der Waals surface area contributed by atoms with Crippen LogP contribution in [-0.4, -0.2) is 35.7 Å². The Morgan fingerprint density at radius 3 is 3.00 bits per heavy atom. The molecule has 5 heteroatoms. The van der Waals surface area contributed by atoms with Gasteiger partial charge < -0.3 is 10.0 Å². The van der Waals surface area contributed by atoms with E-state index in [9.17, 15) is 9.18 Å². The van der Waals surface area contributed by atoms with Gasteiger partial charge in [-0.2, -0.15) is 11.8 Å². The minimum atomic E-state index is -1.03. The van der Waals surface area contributed by atoms with Gasteiger partial charge in [0.05, 0.1) is 5.69 Å². The molecule has 1 aliphatic heterocycles. The maximum absolute atomic E-state index is 14.1. The molecule has 0 aliphatic carbocycles. The van der Waals surface area contributed by atoms with Crippen molar-refractivity contribution in [1.82, 2.24) is 0 Å². The molecule has 1 fully saturated rings. The van der Waals surface area contributed by atoms with Crippen molar-refractivity contribution < 1.29 is 14.3 Å². The Morgan fingerprint density at radius 2 is 2.21 bits per heavy atom. The van der Waals surface area contributed by atoms with E-state index in [4.69, 9.17) is 5.11 Å². The van der Waals surface area contributed by atoms with Crippen molar-refractivity contribution in [3.63, 3.8) is 0 Å². The van der Waals surface area contributed by atoms with E-state index in [1.807, 2.05) is 16.7 Å². The number of anilines is 1. The van der Waals surface area contributed by atoms with Crippen LogP contribution in [0.2, 0.25) is 0 Å². The zero-order valence-corrected chi connectivity index (χ0v) is 11.3. The average Bonchev–Trinajstić information content (AvgIpc) is 2.65. The standard InChI is InChI=1S/C14H16FNO2S/c15-12-4-1-3-11(5-6-13(17)18)14(12)16-7-2-9-19-10-8-16/h1,3-6H,2,7-10H2,(H,17,18)/b6-5+. The van der Waals surface area contributed by atoms with Crippen molar-refractivity contribution in [3.8, 4) is 0 Å². The summed E-state index contributed by atoms with van der Waals surface area (Å²) in [4.78, 5) is 12.6. The highest BCUT2D eigenvalue weighted by molar-refractivity contribution is 7.99. The molecule has 0 unspecified atom stereocenters. The van der Waals surface area contributed by atoms with Crippen LogP contribution >= 0.6 is 11.8 Å². The molecule has 19 heavy (non-hydrogen) atoms. The summed E-state index contributed by atoms with van der Waals surface area (Å²) in [5.74, 6) is 0.739. The molecule has 0 bridgehead atoms. The molecule has 0 aromatic heterocycles. The summed E-state index contributed by atoms with van der Waals surface area (Å²) in [6.07, 6.45) is 3.52. The van der Waals surface area contributed by atoms with E-state index in [1.165, 1.54) is 12.1 Å². The van der Waals surface area contributed by atoms with E-state index in [2.05, 4.69) is 0 Å². The third kappa shape index (κ3) is 3.73. The third-order valence-electron chi connectivity index (χ3n) is 2.96. The van der Waals surface area contributed by atoms with Crippen LogP contribution in [0, 0.1) is 5.82 Å². The lowest BCUT2D eigenvalue weighted by molar-refractivity contribution is -0.131. The van der Waals surface area contributed by atoms with Gasteiger partial charge in [-0.05, 0) is 24.3 Å². The highest BCUT2D eigenvalue weighted by Crippen LogP contribution is 2.27. The lowest BCUT2D eigenvalue weighted by atomic mass is 10.1. The fourth-order valence-corrected chi connectivity index (χ4v) is 3.02. The Bertz CT molecular complexity index is 482. The summed E-state index contributed by atoms with van der Waals surface area (Å²) in [6.45, 7) is 1.60. The van der Waals surface area contributed by atoms with Gasteiger partial charge in [0.2, 0.25) is 0 Å². The molecule has 3 nitrogen and oxygen atoms in total. The molecule has 1 heterocycles. The first-order valence-corrected chi connectivity index (χ1v) is 7.36. The molecular formula is C14H16FNO2S. The molecule has 1 aliphatic rings. The number of para-hydroxylation sites is 1. The van der Waals surface area contributed by atoms with Crippen LogP contribution in [-0.2, 0) is 4.79 Å². The minimum Gasteiger partial charge on any atom is -0.478 e. The van der Waals surface area contributed by atoms with Crippen LogP contribution in [0.5, 0.6) is 0 Å². The molecule has 1 N–H and O–H groups in total. The minimum absolute atomic E-state index is 0.292. The van der Waals surface area contributed by atoms with E-state index in [1.54, 1.807) is 12.1 Å². The van der Waals surface area contributed by atoms with Gasteiger partial charge >= 0.3 is 5.97 Å². The molecular weight excluding hydrogens is 265 g/mol. The second kappa shape index (κ2) is 6.61. The summed E-state index contributed by atoms with van der Waals surface area (Å²) in [5, 5.41) is 8.69. The smallest absolute Gasteiger partial charge is 0.328 e.